The molecule has 3 N–H and O–H groups in total. The number of benzene rings is 3. The first-order valence-corrected chi connectivity index (χ1v) is 13.4. The zero-order chi connectivity index (χ0) is 29.5. The third kappa shape index (κ3) is 4.95. The molecule has 4 amide bonds. The van der Waals surface area contributed by atoms with Gasteiger partial charge in [-0.15, -0.1) is 0 Å². The molecule has 2 aliphatic rings. The molecule has 0 saturated carbocycles. The molecule has 3 heterocycles. The molecule has 6 rings (SSSR count). The number of hydrogen-bond acceptors (Lipinski definition) is 5. The van der Waals surface area contributed by atoms with Crippen molar-refractivity contribution in [3.63, 3.8) is 0 Å². The van der Waals surface area contributed by atoms with Crippen LogP contribution in [-0.2, 0) is 22.7 Å². The first kappa shape index (κ1) is 27.1. The minimum absolute atomic E-state index is 0.125. The smallest absolute Gasteiger partial charge is 0.319 e. The topological polar surface area (TPSA) is 125 Å². The summed E-state index contributed by atoms with van der Waals surface area (Å²) in [5.41, 5.74) is 2.73. The second kappa shape index (κ2) is 10.7. The summed E-state index contributed by atoms with van der Waals surface area (Å²) in [4.78, 5) is 51.5. The van der Waals surface area contributed by atoms with Gasteiger partial charge in [0.2, 0.25) is 11.8 Å². The lowest BCUT2D eigenvalue weighted by molar-refractivity contribution is -0.137. The number of rotatable bonds is 6. The average molecular weight is 573 g/mol. The Balaban J connectivity index is 1.22. The first-order chi connectivity index (χ1) is 20.2. The molecule has 0 radical (unpaired) electrons. The Hall–Kier alpha value is -5.13. The second-order valence-electron chi connectivity index (χ2n) is 10.3. The van der Waals surface area contributed by atoms with E-state index in [0.717, 1.165) is 10.5 Å². The van der Waals surface area contributed by atoms with Gasteiger partial charge in [-0.2, -0.15) is 5.10 Å². The molecule has 4 aromatic rings. The van der Waals surface area contributed by atoms with Crippen LogP contribution in [0.5, 0.6) is 0 Å². The van der Waals surface area contributed by atoms with Crippen molar-refractivity contribution in [1.29, 1.82) is 0 Å². The monoisotopic (exact) mass is 572 g/mol. The summed E-state index contributed by atoms with van der Waals surface area (Å²) in [5, 5.41) is 12.8. The maximum absolute atomic E-state index is 15.6. The number of para-hydroxylation sites is 1. The number of aromatic nitrogens is 2. The SMILES string of the molecule is CC(=O)c1nn(CC(=O)N2C[C@H](F)C[C@H]2C(=O)Nc2cccc(-c3ccc4c(c3)NC(=O)NC4)c2F)c2ccccc12. The van der Waals surface area contributed by atoms with E-state index in [1.807, 2.05) is 0 Å². The number of ketones is 1. The minimum Gasteiger partial charge on any atom is -0.334 e. The van der Waals surface area contributed by atoms with Gasteiger partial charge in [-0.3, -0.25) is 19.1 Å². The number of carbonyl (C=O) groups excluding carboxylic acids is 4. The number of Topliss-reactive ketones (excluding diaryl/α,β-unsaturated/α-hetero) is 1. The Kier molecular flexibility index (Phi) is 6.89. The minimum atomic E-state index is -1.44. The molecule has 1 fully saturated rings. The van der Waals surface area contributed by atoms with Crippen LogP contribution in [0.25, 0.3) is 22.0 Å². The summed E-state index contributed by atoms with van der Waals surface area (Å²) in [6, 6.07) is 15.1. The largest absolute Gasteiger partial charge is 0.334 e. The van der Waals surface area contributed by atoms with E-state index in [2.05, 4.69) is 21.0 Å². The summed E-state index contributed by atoms with van der Waals surface area (Å²) in [7, 11) is 0. The summed E-state index contributed by atoms with van der Waals surface area (Å²) in [6.07, 6.45) is -1.68. The lowest BCUT2D eigenvalue weighted by atomic mass is 10.00. The molecule has 3 aromatic carbocycles. The molecule has 42 heavy (non-hydrogen) atoms. The number of carbonyl (C=O) groups is 4. The number of fused-ring (bicyclic) bond motifs is 2. The van der Waals surface area contributed by atoms with Crippen molar-refractivity contribution in [3.8, 4) is 11.1 Å². The molecule has 0 aliphatic carbocycles. The van der Waals surface area contributed by atoms with Gasteiger partial charge >= 0.3 is 6.03 Å². The molecule has 0 bridgehead atoms. The Labute approximate surface area is 238 Å². The molecule has 0 spiro atoms. The maximum atomic E-state index is 15.6. The van der Waals surface area contributed by atoms with Crippen LogP contribution in [0.2, 0.25) is 0 Å². The van der Waals surface area contributed by atoms with E-state index >= 15 is 4.39 Å². The van der Waals surface area contributed by atoms with Gasteiger partial charge in [0.15, 0.2) is 11.6 Å². The van der Waals surface area contributed by atoms with E-state index in [9.17, 15) is 23.6 Å². The molecular formula is C30H26F2N6O4. The van der Waals surface area contributed by atoms with Crippen molar-refractivity contribution in [2.24, 2.45) is 0 Å². The van der Waals surface area contributed by atoms with Gasteiger partial charge < -0.3 is 20.9 Å². The van der Waals surface area contributed by atoms with E-state index in [1.165, 1.54) is 17.7 Å². The summed E-state index contributed by atoms with van der Waals surface area (Å²) < 4.78 is 31.6. The molecule has 2 aliphatic heterocycles. The van der Waals surface area contributed by atoms with Crippen LogP contribution in [-0.4, -0.2) is 57.1 Å². The lowest BCUT2D eigenvalue weighted by Gasteiger charge is -2.24. The summed E-state index contributed by atoms with van der Waals surface area (Å²) in [5.74, 6) is -2.25. The number of nitrogens with zero attached hydrogens (tertiary/aromatic N) is 3. The van der Waals surface area contributed by atoms with Crippen LogP contribution in [0, 0.1) is 5.82 Å². The van der Waals surface area contributed by atoms with Gasteiger partial charge in [0.1, 0.15) is 24.5 Å². The summed E-state index contributed by atoms with van der Waals surface area (Å²) in [6.45, 7) is 1.12. The van der Waals surface area contributed by atoms with E-state index in [-0.39, 0.29) is 48.3 Å². The fraction of sp³-hybridized carbons (Fsp3) is 0.233. The van der Waals surface area contributed by atoms with Crippen LogP contribution in [0.3, 0.4) is 0 Å². The third-order valence-electron chi connectivity index (χ3n) is 7.51. The van der Waals surface area contributed by atoms with Gasteiger partial charge in [-0.05, 0) is 29.3 Å². The van der Waals surface area contributed by atoms with Gasteiger partial charge in [0, 0.05) is 36.5 Å². The summed E-state index contributed by atoms with van der Waals surface area (Å²) >= 11 is 0. The molecule has 0 unspecified atom stereocenters. The van der Waals surface area contributed by atoms with E-state index in [1.54, 1.807) is 54.6 Å². The van der Waals surface area contributed by atoms with Crippen LogP contribution in [0.15, 0.2) is 60.7 Å². The Morgan fingerprint density at radius 1 is 1.10 bits per heavy atom. The fourth-order valence-electron chi connectivity index (χ4n) is 5.46. The highest BCUT2D eigenvalue weighted by Gasteiger charge is 2.40. The normalized spacial score (nSPS) is 17.9. The number of likely N-dealkylation sites (tertiary alicyclic amines) is 1. The van der Waals surface area contributed by atoms with E-state index in [4.69, 9.17) is 0 Å². The maximum Gasteiger partial charge on any atom is 0.319 e. The number of alkyl halides is 1. The number of urea groups is 1. The number of nitrogens with one attached hydrogen (secondary N) is 3. The number of amides is 4. The second-order valence-corrected chi connectivity index (χ2v) is 10.3. The molecule has 10 nitrogen and oxygen atoms in total. The number of halogens is 2. The van der Waals surface area contributed by atoms with Gasteiger partial charge in [-0.25, -0.2) is 13.6 Å². The van der Waals surface area contributed by atoms with Crippen molar-refractivity contribution in [2.45, 2.75) is 38.6 Å². The molecule has 1 saturated heterocycles. The van der Waals surface area contributed by atoms with Crippen molar-refractivity contribution in [1.82, 2.24) is 20.0 Å². The van der Waals surface area contributed by atoms with Crippen LogP contribution >= 0.6 is 0 Å². The Morgan fingerprint density at radius 2 is 1.90 bits per heavy atom. The Bertz CT molecular complexity index is 1770. The zero-order valence-corrected chi connectivity index (χ0v) is 22.5. The van der Waals surface area contributed by atoms with Crippen molar-refractivity contribution in [2.75, 3.05) is 17.2 Å². The lowest BCUT2D eigenvalue weighted by Crippen LogP contribution is -2.44. The highest BCUT2D eigenvalue weighted by atomic mass is 19.1. The van der Waals surface area contributed by atoms with Crippen molar-refractivity contribution < 1.29 is 28.0 Å². The van der Waals surface area contributed by atoms with E-state index < -0.39 is 29.8 Å². The van der Waals surface area contributed by atoms with E-state index in [0.29, 0.717) is 28.7 Å². The molecule has 12 heteroatoms. The predicted octanol–water partition coefficient (Wildman–Crippen LogP) is 4.26. The molecule has 214 valence electrons. The Morgan fingerprint density at radius 3 is 2.71 bits per heavy atom. The highest BCUT2D eigenvalue weighted by Crippen LogP contribution is 2.32. The number of hydrogen-bond donors (Lipinski definition) is 3. The predicted molar refractivity (Wildman–Crippen MR) is 151 cm³/mol. The van der Waals surface area contributed by atoms with Crippen molar-refractivity contribution in [3.05, 3.63) is 77.7 Å². The van der Waals surface area contributed by atoms with Gasteiger partial charge in [0.25, 0.3) is 0 Å². The van der Waals surface area contributed by atoms with Gasteiger partial charge in [0.05, 0.1) is 17.7 Å². The first-order valence-electron chi connectivity index (χ1n) is 13.4. The molecule has 2 atom stereocenters. The van der Waals surface area contributed by atoms with Crippen LogP contribution in [0.1, 0.15) is 29.4 Å². The standard InChI is InChI=1S/C30H26F2N6O4/c1-16(39)28-21-5-2-3-8-24(21)38(36-28)15-26(40)37-14-19(31)12-25(37)29(41)34-22-7-4-6-20(27(22)32)17-9-10-18-13-33-30(42)35-23(18)11-17/h2-11,19,25H,12-15H2,1H3,(H,34,41)(H2,33,35,42)/t19-,25+/m1/s1. The zero-order valence-electron chi connectivity index (χ0n) is 22.5. The van der Waals surface area contributed by atoms with Gasteiger partial charge in [-0.1, -0.05) is 42.5 Å². The quantitative estimate of drug-likeness (QED) is 0.298. The van der Waals surface area contributed by atoms with Crippen LogP contribution in [0.4, 0.5) is 25.0 Å². The molecule has 1 aromatic heterocycles. The third-order valence-corrected chi connectivity index (χ3v) is 7.51. The van der Waals surface area contributed by atoms with Crippen LogP contribution < -0.4 is 16.0 Å². The fourth-order valence-corrected chi connectivity index (χ4v) is 5.46. The molecular weight excluding hydrogens is 546 g/mol. The highest BCUT2D eigenvalue weighted by molar-refractivity contribution is 6.05. The number of anilines is 2. The van der Waals surface area contributed by atoms with Crippen molar-refractivity contribution >= 4 is 45.9 Å². The average Bonchev–Trinajstić information content (AvgIpc) is 3.55.